The van der Waals surface area contributed by atoms with Gasteiger partial charge < -0.3 is 10.2 Å². The number of hydrogen-bond acceptors (Lipinski definition) is 3. The Morgan fingerprint density at radius 2 is 2.27 bits per heavy atom. The Hall–Kier alpha value is -1.86. The fourth-order valence-electron chi connectivity index (χ4n) is 1.33. The van der Waals surface area contributed by atoms with Gasteiger partial charge in [-0.2, -0.15) is 5.26 Å². The molecule has 0 saturated carbocycles. The van der Waals surface area contributed by atoms with Crippen LogP contribution in [0.15, 0.2) is 18.2 Å². The normalized spacial score (nSPS) is 11.8. The molecule has 0 heterocycles. The number of nitrogens with zero attached hydrogens (tertiary/aromatic N) is 1. The van der Waals surface area contributed by atoms with Gasteiger partial charge >= 0.3 is 5.97 Å². The predicted molar refractivity (Wildman–Crippen MR) is 53.1 cm³/mol. The Morgan fingerprint density at radius 3 is 2.73 bits per heavy atom. The monoisotopic (exact) mass is 205 g/mol. The summed E-state index contributed by atoms with van der Waals surface area (Å²) >= 11 is 0. The lowest BCUT2D eigenvalue weighted by molar-refractivity contribution is -0.146. The summed E-state index contributed by atoms with van der Waals surface area (Å²) in [5, 5.41) is 26.7. The van der Waals surface area contributed by atoms with Crippen LogP contribution in [0.2, 0.25) is 0 Å². The van der Waals surface area contributed by atoms with Crippen LogP contribution in [0.25, 0.3) is 0 Å². The van der Waals surface area contributed by atoms with E-state index >= 15 is 0 Å². The van der Waals surface area contributed by atoms with E-state index in [-0.39, 0.29) is 0 Å². The van der Waals surface area contributed by atoms with E-state index in [2.05, 4.69) is 0 Å². The van der Waals surface area contributed by atoms with E-state index in [0.29, 0.717) is 17.5 Å². The van der Waals surface area contributed by atoms with Crippen molar-refractivity contribution in [3.05, 3.63) is 34.9 Å². The first kappa shape index (κ1) is 11.2. The molecule has 0 unspecified atom stereocenters. The molecule has 0 aromatic heterocycles. The van der Waals surface area contributed by atoms with E-state index in [1.807, 2.05) is 13.0 Å². The zero-order valence-electron chi connectivity index (χ0n) is 8.27. The quantitative estimate of drug-likeness (QED) is 0.777. The zero-order chi connectivity index (χ0) is 11.4. The van der Waals surface area contributed by atoms with Crippen molar-refractivity contribution in [1.29, 1.82) is 5.26 Å². The Labute approximate surface area is 87.4 Å². The molecule has 1 rings (SSSR count). The van der Waals surface area contributed by atoms with Gasteiger partial charge in [-0.3, -0.25) is 0 Å². The topological polar surface area (TPSA) is 81.3 Å². The van der Waals surface area contributed by atoms with Crippen LogP contribution in [0.3, 0.4) is 0 Å². The van der Waals surface area contributed by atoms with Crippen molar-refractivity contribution in [2.75, 3.05) is 0 Å². The number of aliphatic carboxylic acids is 1. The number of rotatable bonds is 3. The third-order valence-corrected chi connectivity index (χ3v) is 2.18. The fraction of sp³-hybridized carbons (Fsp3) is 0.273. The Balaban J connectivity index is 3.15. The molecule has 78 valence electrons. The summed E-state index contributed by atoms with van der Waals surface area (Å²) in [5.41, 5.74) is 1.56. The second kappa shape index (κ2) is 4.58. The molecule has 0 radical (unpaired) electrons. The van der Waals surface area contributed by atoms with E-state index in [1.165, 1.54) is 12.1 Å². The third kappa shape index (κ3) is 2.33. The molecule has 0 saturated heterocycles. The smallest absolute Gasteiger partial charge is 0.337 e. The Morgan fingerprint density at radius 1 is 1.60 bits per heavy atom. The number of benzene rings is 1. The standard InChI is InChI=1S/C11H11NO3/c1-2-7-5-8(10(13)11(14)15)3-4-9(7)6-12/h3-5,10,13H,2H2,1H3,(H,14,15)/t10-/m1/s1. The number of aryl methyl sites for hydroxylation is 1. The van der Waals surface area contributed by atoms with Crippen LogP contribution in [0.4, 0.5) is 0 Å². The van der Waals surface area contributed by atoms with Crippen molar-refractivity contribution in [3.8, 4) is 6.07 Å². The third-order valence-electron chi connectivity index (χ3n) is 2.18. The molecule has 0 bridgehead atoms. The van der Waals surface area contributed by atoms with Crippen LogP contribution in [0.5, 0.6) is 0 Å². The molecule has 0 fully saturated rings. The molecule has 1 atom stereocenters. The van der Waals surface area contributed by atoms with Gasteiger partial charge in [-0.05, 0) is 23.6 Å². The fourth-order valence-corrected chi connectivity index (χ4v) is 1.33. The minimum atomic E-state index is -1.52. The number of carboxylic acid groups (broad SMARTS) is 1. The largest absolute Gasteiger partial charge is 0.479 e. The molecule has 4 nitrogen and oxygen atoms in total. The highest BCUT2D eigenvalue weighted by molar-refractivity contribution is 5.74. The van der Waals surface area contributed by atoms with Crippen molar-refractivity contribution >= 4 is 5.97 Å². The molecule has 1 aromatic carbocycles. The van der Waals surface area contributed by atoms with Crippen LogP contribution in [0.1, 0.15) is 29.7 Å². The van der Waals surface area contributed by atoms with Gasteiger partial charge in [0.1, 0.15) is 0 Å². The summed E-state index contributed by atoms with van der Waals surface area (Å²) in [6.07, 6.45) is -0.897. The minimum Gasteiger partial charge on any atom is -0.479 e. The molecule has 0 spiro atoms. The van der Waals surface area contributed by atoms with Crippen LogP contribution < -0.4 is 0 Å². The van der Waals surface area contributed by atoms with Gasteiger partial charge in [0.15, 0.2) is 6.10 Å². The summed E-state index contributed by atoms with van der Waals surface area (Å²) in [6.45, 7) is 1.87. The van der Waals surface area contributed by atoms with Gasteiger partial charge in [-0.15, -0.1) is 0 Å². The van der Waals surface area contributed by atoms with Crippen molar-refractivity contribution in [1.82, 2.24) is 0 Å². The lowest BCUT2D eigenvalue weighted by Gasteiger charge is -2.08. The van der Waals surface area contributed by atoms with Gasteiger partial charge in [-0.1, -0.05) is 19.1 Å². The van der Waals surface area contributed by atoms with Crippen molar-refractivity contribution in [2.24, 2.45) is 0 Å². The number of aliphatic hydroxyl groups excluding tert-OH is 1. The summed E-state index contributed by atoms with van der Waals surface area (Å²) < 4.78 is 0. The van der Waals surface area contributed by atoms with E-state index in [0.717, 1.165) is 5.56 Å². The second-order valence-corrected chi connectivity index (χ2v) is 3.12. The first-order valence-corrected chi connectivity index (χ1v) is 4.54. The number of carbonyl (C=O) groups is 1. The maximum Gasteiger partial charge on any atom is 0.337 e. The molecular weight excluding hydrogens is 194 g/mol. The SMILES string of the molecule is CCc1cc([C@@H](O)C(=O)O)ccc1C#N. The molecule has 0 amide bonds. The molecule has 0 aliphatic rings. The van der Waals surface area contributed by atoms with Gasteiger partial charge in [0.2, 0.25) is 0 Å². The molecule has 2 N–H and O–H groups in total. The van der Waals surface area contributed by atoms with E-state index in [1.54, 1.807) is 6.07 Å². The molecule has 1 aromatic rings. The molecule has 4 heteroatoms. The van der Waals surface area contributed by atoms with Crippen molar-refractivity contribution < 1.29 is 15.0 Å². The lowest BCUT2D eigenvalue weighted by atomic mass is 10.00. The highest BCUT2D eigenvalue weighted by atomic mass is 16.4. The number of nitriles is 1. The average Bonchev–Trinajstić information content (AvgIpc) is 2.26. The lowest BCUT2D eigenvalue weighted by Crippen LogP contribution is -2.10. The number of hydrogen-bond donors (Lipinski definition) is 2. The Bertz CT molecular complexity index is 420. The average molecular weight is 205 g/mol. The zero-order valence-corrected chi connectivity index (χ0v) is 8.27. The van der Waals surface area contributed by atoms with Gasteiger partial charge in [-0.25, -0.2) is 4.79 Å². The summed E-state index contributed by atoms with van der Waals surface area (Å²) in [5.74, 6) is -1.29. The summed E-state index contributed by atoms with van der Waals surface area (Å²) in [7, 11) is 0. The van der Waals surface area contributed by atoms with Gasteiger partial charge in [0.05, 0.1) is 11.6 Å². The minimum absolute atomic E-state index is 0.304. The highest BCUT2D eigenvalue weighted by Gasteiger charge is 2.16. The van der Waals surface area contributed by atoms with E-state index < -0.39 is 12.1 Å². The van der Waals surface area contributed by atoms with Crippen LogP contribution >= 0.6 is 0 Å². The number of carboxylic acids is 1. The Kier molecular flexibility index (Phi) is 3.42. The predicted octanol–water partition coefficient (Wildman–Crippen LogP) is 1.24. The second-order valence-electron chi connectivity index (χ2n) is 3.12. The molecule has 0 aliphatic carbocycles. The first-order chi connectivity index (χ1) is 7.10. The molecule has 0 aliphatic heterocycles. The van der Waals surface area contributed by atoms with E-state index in [9.17, 15) is 9.90 Å². The van der Waals surface area contributed by atoms with Crippen LogP contribution in [0, 0.1) is 11.3 Å². The molecule has 15 heavy (non-hydrogen) atoms. The summed E-state index contributed by atoms with van der Waals surface area (Å²) in [6, 6.07) is 6.55. The van der Waals surface area contributed by atoms with Gasteiger partial charge in [0.25, 0.3) is 0 Å². The maximum atomic E-state index is 10.5. The van der Waals surface area contributed by atoms with Crippen LogP contribution in [-0.2, 0) is 11.2 Å². The first-order valence-electron chi connectivity index (χ1n) is 4.54. The van der Waals surface area contributed by atoms with Crippen molar-refractivity contribution in [2.45, 2.75) is 19.4 Å². The molecular formula is C11H11NO3. The van der Waals surface area contributed by atoms with Gasteiger partial charge in [0, 0.05) is 0 Å². The summed E-state index contributed by atoms with van der Waals surface area (Å²) in [4.78, 5) is 10.5. The van der Waals surface area contributed by atoms with Crippen LogP contribution in [-0.4, -0.2) is 16.2 Å². The number of aliphatic hydroxyl groups is 1. The van der Waals surface area contributed by atoms with Crippen molar-refractivity contribution in [3.63, 3.8) is 0 Å². The maximum absolute atomic E-state index is 10.5. The highest BCUT2D eigenvalue weighted by Crippen LogP contribution is 2.18. The van der Waals surface area contributed by atoms with E-state index in [4.69, 9.17) is 10.4 Å².